The number of halogens is 4. The maximum atomic E-state index is 15.2. The van der Waals surface area contributed by atoms with Crippen LogP contribution < -0.4 is 0 Å². The number of amides is 1. The number of pyridine rings is 1. The largest absolute Gasteiger partial charge is 0.465 e. The predicted octanol–water partition coefficient (Wildman–Crippen LogP) is 3.53. The number of nitrogens with zero attached hydrogens (tertiary/aromatic N) is 3. The van der Waals surface area contributed by atoms with Crippen LogP contribution in [0.4, 0.5) is 22.4 Å². The van der Waals surface area contributed by atoms with E-state index >= 15 is 4.39 Å². The van der Waals surface area contributed by atoms with Crippen LogP contribution >= 0.6 is 0 Å². The van der Waals surface area contributed by atoms with E-state index in [4.69, 9.17) is 9.47 Å². The Kier molecular flexibility index (Phi) is 7.37. The van der Waals surface area contributed by atoms with Gasteiger partial charge < -0.3 is 28.6 Å². The maximum Gasteiger partial charge on any atom is 0.418 e. The van der Waals surface area contributed by atoms with Gasteiger partial charge in [-0.15, -0.1) is 0 Å². The zero-order chi connectivity index (χ0) is 26.9. The molecule has 1 N–H and O–H groups in total. The Morgan fingerprint density at radius 2 is 1.97 bits per heavy atom. The molecule has 1 aliphatic rings. The number of methoxy groups -OCH3 is 2. The quantitative estimate of drug-likeness (QED) is 0.402. The van der Waals surface area contributed by atoms with Crippen molar-refractivity contribution >= 4 is 17.7 Å². The molecule has 9 nitrogen and oxygen atoms in total. The number of rotatable bonds is 5. The fourth-order valence-corrected chi connectivity index (χ4v) is 4.19. The Morgan fingerprint density at radius 3 is 2.62 bits per heavy atom. The SMILES string of the molecule is COC(=O)c1ccc(-c2nc3cc(C(O)C(F)(F)F)ccn3c2C[C@H]2CN(C(=O)OC)CCO2)c(F)c1. The fraction of sp³-hybridized carbons (Fsp3) is 0.375. The van der Waals surface area contributed by atoms with Gasteiger partial charge in [0.15, 0.2) is 6.10 Å². The molecule has 1 unspecified atom stereocenters. The third kappa shape index (κ3) is 5.37. The highest BCUT2D eigenvalue weighted by Gasteiger charge is 2.39. The van der Waals surface area contributed by atoms with E-state index in [0.717, 1.165) is 25.3 Å². The first-order valence-corrected chi connectivity index (χ1v) is 11.1. The van der Waals surface area contributed by atoms with Crippen molar-refractivity contribution in [3.63, 3.8) is 0 Å². The molecule has 1 aromatic carbocycles. The van der Waals surface area contributed by atoms with Crippen molar-refractivity contribution < 1.29 is 46.5 Å². The van der Waals surface area contributed by atoms with Crippen molar-refractivity contribution in [2.75, 3.05) is 33.9 Å². The van der Waals surface area contributed by atoms with Crippen LogP contribution in [0.2, 0.25) is 0 Å². The highest BCUT2D eigenvalue weighted by atomic mass is 19.4. The maximum absolute atomic E-state index is 15.2. The lowest BCUT2D eigenvalue weighted by atomic mass is 10.0. The van der Waals surface area contributed by atoms with Gasteiger partial charge in [0.05, 0.1) is 50.4 Å². The van der Waals surface area contributed by atoms with Crippen LogP contribution in [0, 0.1) is 5.82 Å². The standard InChI is InChI=1S/C24H23F4N3O6/c1-35-22(33)14-3-4-16(17(25)9-14)20-18(11-15-12-30(7-8-37-15)23(34)36-2)31-6-5-13(10-19(31)29-20)21(32)24(26,27)28/h3-6,9-10,15,21,32H,7-8,11-12H2,1-2H3/t15-,21?/m0/s1. The van der Waals surface area contributed by atoms with Crippen molar-refractivity contribution in [2.24, 2.45) is 0 Å². The van der Waals surface area contributed by atoms with Gasteiger partial charge in [0.1, 0.15) is 11.5 Å². The summed E-state index contributed by atoms with van der Waals surface area (Å²) in [5.74, 6) is -1.55. The van der Waals surface area contributed by atoms with Crippen LogP contribution in [-0.2, 0) is 20.6 Å². The first kappa shape index (κ1) is 26.4. The van der Waals surface area contributed by atoms with Crippen molar-refractivity contribution in [2.45, 2.75) is 24.8 Å². The highest BCUT2D eigenvalue weighted by Crippen LogP contribution is 2.35. The molecular weight excluding hydrogens is 502 g/mol. The summed E-state index contributed by atoms with van der Waals surface area (Å²) in [6.45, 7) is 0.690. The van der Waals surface area contributed by atoms with Crippen LogP contribution in [0.5, 0.6) is 0 Å². The van der Waals surface area contributed by atoms with Crippen LogP contribution in [-0.4, -0.2) is 77.6 Å². The minimum absolute atomic E-state index is 0.00935. The molecule has 1 saturated heterocycles. The van der Waals surface area contributed by atoms with E-state index in [2.05, 4.69) is 9.72 Å². The Bertz CT molecular complexity index is 1330. The van der Waals surface area contributed by atoms with Gasteiger partial charge in [-0.1, -0.05) is 0 Å². The number of carbonyl (C=O) groups is 2. The third-order valence-electron chi connectivity index (χ3n) is 6.01. The van der Waals surface area contributed by atoms with Crippen molar-refractivity contribution in [3.8, 4) is 11.3 Å². The molecular formula is C24H23F4N3O6. The highest BCUT2D eigenvalue weighted by molar-refractivity contribution is 5.90. The normalized spacial score (nSPS) is 17.1. The second kappa shape index (κ2) is 10.3. The monoisotopic (exact) mass is 525 g/mol. The minimum Gasteiger partial charge on any atom is -0.465 e. The number of hydrogen-bond acceptors (Lipinski definition) is 7. The van der Waals surface area contributed by atoms with E-state index in [9.17, 15) is 27.9 Å². The zero-order valence-electron chi connectivity index (χ0n) is 19.8. The number of hydrogen-bond donors (Lipinski definition) is 1. The van der Waals surface area contributed by atoms with E-state index in [1.165, 1.54) is 34.7 Å². The second-order valence-corrected chi connectivity index (χ2v) is 8.34. The van der Waals surface area contributed by atoms with Crippen molar-refractivity contribution in [1.82, 2.24) is 14.3 Å². The molecule has 0 spiro atoms. The van der Waals surface area contributed by atoms with E-state index in [-0.39, 0.29) is 42.0 Å². The second-order valence-electron chi connectivity index (χ2n) is 8.34. The molecule has 0 saturated carbocycles. The minimum atomic E-state index is -4.89. The summed E-state index contributed by atoms with van der Waals surface area (Å²) >= 11 is 0. The summed E-state index contributed by atoms with van der Waals surface area (Å²) in [5, 5.41) is 9.69. The number of benzene rings is 1. The van der Waals surface area contributed by atoms with Crippen LogP contribution in [0.15, 0.2) is 36.5 Å². The third-order valence-corrected chi connectivity index (χ3v) is 6.01. The first-order chi connectivity index (χ1) is 17.5. The van der Waals surface area contributed by atoms with E-state index in [0.29, 0.717) is 12.2 Å². The van der Waals surface area contributed by atoms with Gasteiger partial charge in [0.25, 0.3) is 0 Å². The van der Waals surface area contributed by atoms with Crippen molar-refractivity contribution in [1.29, 1.82) is 0 Å². The lowest BCUT2D eigenvalue weighted by Crippen LogP contribution is -2.46. The number of esters is 1. The zero-order valence-corrected chi connectivity index (χ0v) is 19.8. The van der Waals surface area contributed by atoms with Gasteiger partial charge in [-0.2, -0.15) is 13.2 Å². The summed E-state index contributed by atoms with van der Waals surface area (Å²) < 4.78 is 71.0. The molecule has 2 aromatic heterocycles. The van der Waals surface area contributed by atoms with Gasteiger partial charge in [-0.3, -0.25) is 0 Å². The Balaban J connectivity index is 1.79. The molecule has 37 heavy (non-hydrogen) atoms. The summed E-state index contributed by atoms with van der Waals surface area (Å²) in [6.07, 6.45) is -7.30. The number of carbonyl (C=O) groups excluding carboxylic acids is 2. The smallest absolute Gasteiger partial charge is 0.418 e. The Morgan fingerprint density at radius 1 is 1.22 bits per heavy atom. The summed E-state index contributed by atoms with van der Waals surface area (Å²) in [4.78, 5) is 29.6. The molecule has 3 aromatic rings. The number of fused-ring (bicyclic) bond motifs is 1. The van der Waals surface area contributed by atoms with Gasteiger partial charge in [0, 0.05) is 24.7 Å². The Labute approximate surface area is 208 Å². The molecule has 2 atom stereocenters. The first-order valence-electron chi connectivity index (χ1n) is 11.1. The van der Waals surface area contributed by atoms with Gasteiger partial charge in [0.2, 0.25) is 0 Å². The van der Waals surface area contributed by atoms with Crippen LogP contribution in [0.25, 0.3) is 16.9 Å². The molecule has 0 aliphatic carbocycles. The molecule has 13 heteroatoms. The van der Waals surface area contributed by atoms with Crippen molar-refractivity contribution in [3.05, 3.63) is 59.2 Å². The molecule has 3 heterocycles. The van der Waals surface area contributed by atoms with Gasteiger partial charge >= 0.3 is 18.2 Å². The van der Waals surface area contributed by atoms with Crippen LogP contribution in [0.1, 0.15) is 27.7 Å². The Hall–Kier alpha value is -3.71. The van der Waals surface area contributed by atoms with Crippen LogP contribution in [0.3, 0.4) is 0 Å². The summed E-state index contributed by atoms with van der Waals surface area (Å²) in [7, 11) is 2.41. The molecule has 198 valence electrons. The lowest BCUT2D eigenvalue weighted by Gasteiger charge is -2.32. The lowest BCUT2D eigenvalue weighted by molar-refractivity contribution is -0.206. The fourth-order valence-electron chi connectivity index (χ4n) is 4.19. The molecule has 0 radical (unpaired) electrons. The molecule has 1 aliphatic heterocycles. The molecule has 0 bridgehead atoms. The molecule has 1 fully saturated rings. The summed E-state index contributed by atoms with van der Waals surface area (Å²) in [6, 6.07) is 5.80. The van der Waals surface area contributed by atoms with E-state index < -0.39 is 41.8 Å². The van der Waals surface area contributed by atoms with Gasteiger partial charge in [-0.05, 0) is 35.9 Å². The number of imidazole rings is 1. The predicted molar refractivity (Wildman–Crippen MR) is 120 cm³/mol. The van der Waals surface area contributed by atoms with E-state index in [1.54, 1.807) is 0 Å². The average Bonchev–Trinajstić information content (AvgIpc) is 3.23. The molecule has 4 rings (SSSR count). The number of ether oxygens (including phenoxy) is 3. The number of alkyl halides is 3. The van der Waals surface area contributed by atoms with E-state index in [1.807, 2.05) is 0 Å². The number of aliphatic hydroxyl groups is 1. The summed E-state index contributed by atoms with van der Waals surface area (Å²) in [5.41, 5.74) is 0.0491. The van der Waals surface area contributed by atoms with Gasteiger partial charge in [-0.25, -0.2) is 19.0 Å². The molecule has 1 amide bonds. The topological polar surface area (TPSA) is 103 Å². The average molecular weight is 525 g/mol. The number of aromatic nitrogens is 2. The number of morpholine rings is 1. The number of aliphatic hydroxyl groups excluding tert-OH is 1.